The van der Waals surface area contributed by atoms with E-state index in [1.54, 1.807) is 24.3 Å². The molecule has 0 bridgehead atoms. The van der Waals surface area contributed by atoms with Crippen LogP contribution in [-0.2, 0) is 11.0 Å². The highest BCUT2D eigenvalue weighted by Gasteiger charge is 2.39. The Kier molecular flexibility index (Phi) is 4.54. The van der Waals surface area contributed by atoms with Crippen molar-refractivity contribution >= 4 is 23.2 Å². The Morgan fingerprint density at radius 1 is 1.04 bits per heavy atom. The van der Waals surface area contributed by atoms with E-state index >= 15 is 0 Å². The molecule has 146 valence electrons. The number of quaternary nitrogens is 1. The van der Waals surface area contributed by atoms with Crippen LogP contribution in [-0.4, -0.2) is 44.5 Å². The molecule has 0 radical (unpaired) electrons. The second-order valence-electron chi connectivity index (χ2n) is 6.93. The number of nitrogens with zero attached hydrogens (tertiary/aromatic N) is 2. The highest BCUT2D eigenvalue weighted by molar-refractivity contribution is 6.52. The molecule has 0 atom stereocenters. The van der Waals surface area contributed by atoms with Gasteiger partial charge in [-0.05, 0) is 18.2 Å². The summed E-state index contributed by atoms with van der Waals surface area (Å²) >= 11 is 0. The molecular weight excluding hydrogens is 373 g/mol. The smallest absolute Gasteiger partial charge is 0.311 e. The Labute approximate surface area is 159 Å². The van der Waals surface area contributed by atoms with Crippen molar-refractivity contribution < 1.29 is 32.6 Å². The third-order valence-corrected chi connectivity index (χ3v) is 5.20. The number of piperazine rings is 1. The molecule has 2 aliphatic rings. The summed E-state index contributed by atoms with van der Waals surface area (Å²) in [5.74, 6) is -0.356. The number of fused-ring (bicyclic) bond motifs is 1. The van der Waals surface area contributed by atoms with Crippen molar-refractivity contribution in [3.63, 3.8) is 0 Å². The van der Waals surface area contributed by atoms with Crippen molar-refractivity contribution in [1.29, 1.82) is 0 Å². The minimum atomic E-state index is -4.37. The number of anilines is 2. The van der Waals surface area contributed by atoms with Crippen LogP contribution in [0.25, 0.3) is 0 Å². The summed E-state index contributed by atoms with van der Waals surface area (Å²) in [5.41, 5.74) is 0.366. The van der Waals surface area contributed by atoms with E-state index in [0.29, 0.717) is 49.9 Å². The Morgan fingerprint density at radius 3 is 2.39 bits per heavy atom. The van der Waals surface area contributed by atoms with Crippen LogP contribution in [0.5, 0.6) is 0 Å². The van der Waals surface area contributed by atoms with Gasteiger partial charge in [0.1, 0.15) is 32.4 Å². The lowest BCUT2D eigenvalue weighted by Crippen LogP contribution is -3.16. The quantitative estimate of drug-likeness (QED) is 0.770. The van der Waals surface area contributed by atoms with Gasteiger partial charge < -0.3 is 4.90 Å². The van der Waals surface area contributed by atoms with Crippen LogP contribution in [0.4, 0.5) is 24.7 Å². The number of aromatic amines is 1. The van der Waals surface area contributed by atoms with Gasteiger partial charge >= 0.3 is 12.1 Å². The monoisotopic (exact) mass is 392 g/mol. The normalized spacial score (nSPS) is 18.0. The predicted molar refractivity (Wildman–Crippen MR) is 94.0 cm³/mol. The molecule has 6 nitrogen and oxygen atoms in total. The largest absolute Gasteiger partial charge is 0.419 e. The van der Waals surface area contributed by atoms with Crippen LogP contribution in [0.3, 0.4) is 0 Å². The molecular formula is C19H19F3N4O2+2. The molecule has 1 aromatic carbocycles. The van der Waals surface area contributed by atoms with E-state index in [2.05, 4.69) is 4.98 Å². The average molecular weight is 392 g/mol. The lowest BCUT2D eigenvalue weighted by Gasteiger charge is -2.30. The summed E-state index contributed by atoms with van der Waals surface area (Å²) in [7, 11) is 0. The number of rotatable bonds is 3. The van der Waals surface area contributed by atoms with Gasteiger partial charge in [0.2, 0.25) is 0 Å². The van der Waals surface area contributed by atoms with Gasteiger partial charge in [0.05, 0.1) is 16.8 Å². The number of amides is 1. The fourth-order valence-corrected chi connectivity index (χ4v) is 3.64. The molecule has 0 saturated carbocycles. The standard InChI is InChI=1S/C19H17F3N4O2/c20-19(21,22)13-5-6-16(23-11-13)25-9-7-24(8-10-25)12-26-15-4-2-1-3-14(15)17(27)18(26)28/h1-6,11H,7-10,12H2/p+2. The van der Waals surface area contributed by atoms with Gasteiger partial charge in [-0.25, -0.2) is 4.98 Å². The van der Waals surface area contributed by atoms with Crippen LogP contribution in [0.2, 0.25) is 0 Å². The first-order valence-electron chi connectivity index (χ1n) is 8.97. The average Bonchev–Trinajstić information content (AvgIpc) is 2.93. The molecule has 2 N–H and O–H groups in total. The molecule has 1 fully saturated rings. The van der Waals surface area contributed by atoms with E-state index < -0.39 is 23.4 Å². The summed E-state index contributed by atoms with van der Waals surface area (Å²) in [6.07, 6.45) is -3.39. The first-order chi connectivity index (χ1) is 13.3. The van der Waals surface area contributed by atoms with E-state index in [0.717, 1.165) is 17.2 Å². The third-order valence-electron chi connectivity index (χ3n) is 5.20. The number of pyridine rings is 1. The number of hydrogen-bond donors (Lipinski definition) is 1. The van der Waals surface area contributed by atoms with Crippen LogP contribution in [0, 0.1) is 0 Å². The van der Waals surface area contributed by atoms with E-state index in [1.807, 2.05) is 4.90 Å². The van der Waals surface area contributed by atoms with Crippen LogP contribution in [0.15, 0.2) is 42.6 Å². The van der Waals surface area contributed by atoms with Crippen LogP contribution < -0.4 is 19.7 Å². The maximum Gasteiger partial charge on any atom is 0.419 e. The van der Waals surface area contributed by atoms with E-state index in [1.165, 1.54) is 11.0 Å². The second-order valence-corrected chi connectivity index (χ2v) is 6.93. The lowest BCUT2D eigenvalue weighted by atomic mass is 10.1. The number of para-hydroxylation sites is 1. The molecule has 3 heterocycles. The fourth-order valence-electron chi connectivity index (χ4n) is 3.64. The fraction of sp³-hybridized carbons (Fsp3) is 0.316. The molecule has 0 aliphatic carbocycles. The summed E-state index contributed by atoms with van der Waals surface area (Å²) in [5, 5.41) is 0. The van der Waals surface area contributed by atoms with Crippen molar-refractivity contribution in [1.82, 2.24) is 0 Å². The molecule has 1 aromatic heterocycles. The SMILES string of the molecule is O=C1C(=O)N(C[NH+]2CCN(c3ccc(C(F)(F)F)c[nH+]3)CC2)c2ccccc21. The predicted octanol–water partition coefficient (Wildman–Crippen LogP) is 0.411. The zero-order valence-corrected chi connectivity index (χ0v) is 14.9. The number of halogens is 3. The van der Waals surface area contributed by atoms with Crippen molar-refractivity contribution in [3.05, 3.63) is 53.7 Å². The molecule has 0 unspecified atom stereocenters. The summed E-state index contributed by atoms with van der Waals surface area (Å²) in [4.78, 5) is 31.7. The number of benzene rings is 1. The molecule has 1 amide bonds. The maximum absolute atomic E-state index is 12.7. The molecule has 2 aliphatic heterocycles. The molecule has 0 spiro atoms. The Hall–Kier alpha value is -2.94. The second kappa shape index (κ2) is 6.90. The van der Waals surface area contributed by atoms with Gasteiger partial charge in [-0.3, -0.25) is 19.4 Å². The first-order valence-corrected chi connectivity index (χ1v) is 8.97. The zero-order chi connectivity index (χ0) is 19.9. The van der Waals surface area contributed by atoms with Gasteiger partial charge in [0.25, 0.3) is 11.6 Å². The Balaban J connectivity index is 1.39. The zero-order valence-electron chi connectivity index (χ0n) is 14.9. The molecule has 4 rings (SSSR count). The number of carbonyl (C=O) groups excluding carboxylic acids is 2. The van der Waals surface area contributed by atoms with Crippen LogP contribution in [0.1, 0.15) is 15.9 Å². The molecule has 9 heteroatoms. The topological polar surface area (TPSA) is 59.2 Å². The van der Waals surface area contributed by atoms with Crippen molar-refractivity contribution in [2.75, 3.05) is 42.6 Å². The van der Waals surface area contributed by atoms with E-state index in [4.69, 9.17) is 0 Å². The number of nitrogens with one attached hydrogen (secondary N) is 2. The lowest BCUT2D eigenvalue weighted by molar-refractivity contribution is -0.899. The van der Waals surface area contributed by atoms with E-state index in [-0.39, 0.29) is 0 Å². The van der Waals surface area contributed by atoms with Gasteiger partial charge in [-0.1, -0.05) is 12.1 Å². The number of aromatic nitrogens is 1. The van der Waals surface area contributed by atoms with Gasteiger partial charge in [0, 0.05) is 6.07 Å². The highest BCUT2D eigenvalue weighted by Crippen LogP contribution is 2.29. The number of hydrogen-bond acceptors (Lipinski definition) is 3. The first kappa shape index (κ1) is 18.4. The summed E-state index contributed by atoms with van der Waals surface area (Å²) in [6.45, 7) is 3.07. The Bertz CT molecular complexity index is 906. The molecule has 28 heavy (non-hydrogen) atoms. The number of Topliss-reactive ketones (excluding diaryl/α,β-unsaturated/α-hetero) is 1. The van der Waals surface area contributed by atoms with Gasteiger partial charge in [-0.15, -0.1) is 0 Å². The summed E-state index contributed by atoms with van der Waals surface area (Å²) < 4.78 is 38.0. The highest BCUT2D eigenvalue weighted by atomic mass is 19.4. The van der Waals surface area contributed by atoms with E-state index in [9.17, 15) is 22.8 Å². The number of H-pyrrole nitrogens is 1. The third kappa shape index (κ3) is 3.33. The number of ketones is 1. The van der Waals surface area contributed by atoms with Crippen molar-refractivity contribution in [3.8, 4) is 0 Å². The molecule has 2 aromatic rings. The van der Waals surface area contributed by atoms with Gasteiger partial charge in [-0.2, -0.15) is 13.2 Å². The Morgan fingerprint density at radius 2 is 1.75 bits per heavy atom. The summed E-state index contributed by atoms with van der Waals surface area (Å²) in [6, 6.07) is 9.46. The minimum Gasteiger partial charge on any atom is -0.311 e. The van der Waals surface area contributed by atoms with Crippen molar-refractivity contribution in [2.24, 2.45) is 0 Å². The van der Waals surface area contributed by atoms with Crippen LogP contribution >= 0.6 is 0 Å². The molecule has 1 saturated heterocycles. The number of carbonyl (C=O) groups is 2. The maximum atomic E-state index is 12.7. The number of alkyl halides is 3. The minimum absolute atomic E-state index is 0.395. The van der Waals surface area contributed by atoms with Gasteiger partial charge in [0.15, 0.2) is 6.67 Å². The van der Waals surface area contributed by atoms with Crippen molar-refractivity contribution in [2.45, 2.75) is 6.18 Å².